The van der Waals surface area contributed by atoms with Crippen LogP contribution < -0.4 is 5.32 Å². The Balaban J connectivity index is 1.93. The topological polar surface area (TPSA) is 24.9 Å². The van der Waals surface area contributed by atoms with Crippen LogP contribution in [0.4, 0.5) is 0 Å². The standard InChI is InChI=1S/C14H24N2S/c1-13(2,3)12-16-11(9-17-12)8-15-14(4,5)10-6-7-10/h9-10,15H,6-8H2,1-5H3. The maximum Gasteiger partial charge on any atom is 0.0982 e. The molecule has 0 radical (unpaired) electrons. The van der Waals surface area contributed by atoms with E-state index < -0.39 is 0 Å². The first-order valence-electron chi connectivity index (χ1n) is 6.49. The second-order valence-corrected chi connectivity index (χ2v) is 7.60. The molecule has 2 nitrogen and oxygen atoms in total. The highest BCUT2D eigenvalue weighted by molar-refractivity contribution is 7.09. The molecule has 1 aliphatic rings. The first-order chi connectivity index (χ1) is 7.79. The minimum Gasteiger partial charge on any atom is -0.306 e. The van der Waals surface area contributed by atoms with Gasteiger partial charge in [-0.3, -0.25) is 0 Å². The summed E-state index contributed by atoms with van der Waals surface area (Å²) in [6.45, 7) is 12.2. The van der Waals surface area contributed by atoms with E-state index in [0.717, 1.165) is 12.5 Å². The average molecular weight is 252 g/mol. The van der Waals surface area contributed by atoms with Crippen LogP contribution in [0.2, 0.25) is 0 Å². The van der Waals surface area contributed by atoms with Crippen LogP contribution in [0, 0.1) is 5.92 Å². The van der Waals surface area contributed by atoms with Crippen molar-refractivity contribution in [2.24, 2.45) is 5.92 Å². The van der Waals surface area contributed by atoms with Gasteiger partial charge < -0.3 is 5.32 Å². The smallest absolute Gasteiger partial charge is 0.0982 e. The molecule has 1 aliphatic carbocycles. The van der Waals surface area contributed by atoms with Crippen molar-refractivity contribution in [3.8, 4) is 0 Å². The molecule has 1 saturated carbocycles. The number of nitrogens with zero attached hydrogens (tertiary/aromatic N) is 1. The summed E-state index contributed by atoms with van der Waals surface area (Å²) < 4.78 is 0. The van der Waals surface area contributed by atoms with Crippen molar-refractivity contribution < 1.29 is 0 Å². The fourth-order valence-electron chi connectivity index (χ4n) is 2.00. The molecule has 0 aliphatic heterocycles. The Bertz CT molecular complexity index is 383. The van der Waals surface area contributed by atoms with Gasteiger partial charge in [0.25, 0.3) is 0 Å². The molecule has 96 valence electrons. The minimum atomic E-state index is 0.176. The lowest BCUT2D eigenvalue weighted by atomic mass is 9.98. The first kappa shape index (κ1) is 13.0. The lowest BCUT2D eigenvalue weighted by Crippen LogP contribution is -2.40. The SMILES string of the molecule is CC(C)(C)c1nc(CNC(C)(C)C2CC2)cs1. The summed E-state index contributed by atoms with van der Waals surface area (Å²) in [5.41, 5.74) is 1.63. The van der Waals surface area contributed by atoms with Gasteiger partial charge in [-0.05, 0) is 32.6 Å². The van der Waals surface area contributed by atoms with Crippen LogP contribution in [0.1, 0.15) is 58.2 Å². The molecule has 0 saturated heterocycles. The highest BCUT2D eigenvalue weighted by Gasteiger charge is 2.37. The number of rotatable bonds is 4. The summed E-state index contributed by atoms with van der Waals surface area (Å²) in [6, 6.07) is 0. The molecule has 1 N–H and O–H groups in total. The number of nitrogens with one attached hydrogen (secondary N) is 1. The number of hydrogen-bond acceptors (Lipinski definition) is 3. The van der Waals surface area contributed by atoms with Crippen molar-refractivity contribution in [2.75, 3.05) is 0 Å². The average Bonchev–Trinajstić information content (AvgIpc) is 2.94. The Morgan fingerprint density at radius 1 is 1.29 bits per heavy atom. The quantitative estimate of drug-likeness (QED) is 0.883. The van der Waals surface area contributed by atoms with Crippen LogP contribution in [0.15, 0.2) is 5.38 Å². The second-order valence-electron chi connectivity index (χ2n) is 6.74. The van der Waals surface area contributed by atoms with Crippen molar-refractivity contribution >= 4 is 11.3 Å². The first-order valence-corrected chi connectivity index (χ1v) is 7.37. The van der Waals surface area contributed by atoms with E-state index in [1.165, 1.54) is 23.5 Å². The highest BCUT2D eigenvalue weighted by atomic mass is 32.1. The lowest BCUT2D eigenvalue weighted by molar-refractivity contribution is 0.337. The van der Waals surface area contributed by atoms with Crippen molar-refractivity contribution in [3.63, 3.8) is 0 Å². The molecule has 0 aromatic carbocycles. The van der Waals surface area contributed by atoms with Crippen LogP contribution in [-0.2, 0) is 12.0 Å². The lowest BCUT2D eigenvalue weighted by Gasteiger charge is -2.25. The third-order valence-electron chi connectivity index (χ3n) is 3.52. The Kier molecular flexibility index (Phi) is 3.34. The van der Waals surface area contributed by atoms with Crippen molar-refractivity contribution in [3.05, 3.63) is 16.1 Å². The summed E-state index contributed by atoms with van der Waals surface area (Å²) in [7, 11) is 0. The Labute approximate surface area is 109 Å². The molecule has 1 heterocycles. The van der Waals surface area contributed by atoms with Crippen LogP contribution >= 0.6 is 11.3 Å². The predicted molar refractivity (Wildman–Crippen MR) is 74.5 cm³/mol. The van der Waals surface area contributed by atoms with E-state index in [-0.39, 0.29) is 11.0 Å². The maximum atomic E-state index is 4.72. The number of hydrogen-bond donors (Lipinski definition) is 1. The Morgan fingerprint density at radius 2 is 1.94 bits per heavy atom. The molecule has 1 aromatic rings. The normalized spacial score (nSPS) is 17.5. The van der Waals surface area contributed by atoms with Crippen LogP contribution in [0.5, 0.6) is 0 Å². The molecule has 0 spiro atoms. The van der Waals surface area contributed by atoms with Gasteiger partial charge in [0, 0.05) is 22.9 Å². The van der Waals surface area contributed by atoms with Gasteiger partial charge in [0.05, 0.1) is 10.7 Å². The molecular weight excluding hydrogens is 228 g/mol. The number of thiazole rings is 1. The predicted octanol–water partition coefficient (Wildman–Crippen LogP) is 3.72. The van der Waals surface area contributed by atoms with Gasteiger partial charge in [0.15, 0.2) is 0 Å². The van der Waals surface area contributed by atoms with Gasteiger partial charge in [-0.25, -0.2) is 4.98 Å². The minimum absolute atomic E-state index is 0.176. The summed E-state index contributed by atoms with van der Waals surface area (Å²) >= 11 is 1.78. The summed E-state index contributed by atoms with van der Waals surface area (Å²) in [6.07, 6.45) is 2.76. The van der Waals surface area contributed by atoms with E-state index in [9.17, 15) is 0 Å². The number of aromatic nitrogens is 1. The zero-order valence-corrected chi connectivity index (χ0v) is 12.4. The maximum absolute atomic E-state index is 4.72. The summed E-state index contributed by atoms with van der Waals surface area (Å²) in [5.74, 6) is 0.864. The van der Waals surface area contributed by atoms with Crippen molar-refractivity contribution in [1.82, 2.24) is 10.3 Å². The molecule has 1 fully saturated rings. The van der Waals surface area contributed by atoms with E-state index in [0.29, 0.717) is 0 Å². The third kappa shape index (κ3) is 3.29. The van der Waals surface area contributed by atoms with Gasteiger partial charge in [-0.2, -0.15) is 0 Å². The van der Waals surface area contributed by atoms with Crippen LogP contribution in [-0.4, -0.2) is 10.5 Å². The van der Waals surface area contributed by atoms with E-state index in [2.05, 4.69) is 45.3 Å². The van der Waals surface area contributed by atoms with Crippen molar-refractivity contribution in [1.29, 1.82) is 0 Å². The molecule has 3 heteroatoms. The van der Waals surface area contributed by atoms with Gasteiger partial charge in [0.2, 0.25) is 0 Å². The molecule has 1 aromatic heterocycles. The third-order valence-corrected chi connectivity index (χ3v) is 4.83. The van der Waals surface area contributed by atoms with Crippen molar-refractivity contribution in [2.45, 2.75) is 65.0 Å². The summed E-state index contributed by atoms with van der Waals surface area (Å²) in [4.78, 5) is 4.72. The van der Waals surface area contributed by atoms with Gasteiger partial charge in [-0.15, -0.1) is 11.3 Å². The molecule has 0 atom stereocenters. The summed E-state index contributed by atoms with van der Waals surface area (Å²) in [5, 5.41) is 7.07. The van der Waals surface area contributed by atoms with Gasteiger partial charge >= 0.3 is 0 Å². The zero-order chi connectivity index (χ0) is 12.7. The van der Waals surface area contributed by atoms with Crippen LogP contribution in [0.25, 0.3) is 0 Å². The van der Waals surface area contributed by atoms with E-state index in [4.69, 9.17) is 4.98 Å². The molecule has 2 rings (SSSR count). The van der Waals surface area contributed by atoms with Crippen LogP contribution in [0.3, 0.4) is 0 Å². The highest BCUT2D eigenvalue weighted by Crippen LogP contribution is 2.39. The molecule has 0 amide bonds. The molecular formula is C14H24N2S. The van der Waals surface area contributed by atoms with E-state index >= 15 is 0 Å². The van der Waals surface area contributed by atoms with Gasteiger partial charge in [-0.1, -0.05) is 20.8 Å². The monoisotopic (exact) mass is 252 g/mol. The largest absolute Gasteiger partial charge is 0.306 e. The Morgan fingerprint density at radius 3 is 2.41 bits per heavy atom. The molecule has 17 heavy (non-hydrogen) atoms. The zero-order valence-electron chi connectivity index (χ0n) is 11.6. The molecule has 0 unspecified atom stereocenters. The molecule has 0 bridgehead atoms. The fourth-order valence-corrected chi connectivity index (χ4v) is 2.91. The fraction of sp³-hybridized carbons (Fsp3) is 0.786. The Hall–Kier alpha value is -0.410. The second kappa shape index (κ2) is 4.36. The van der Waals surface area contributed by atoms with Gasteiger partial charge in [0.1, 0.15) is 0 Å². The van der Waals surface area contributed by atoms with E-state index in [1.807, 2.05) is 0 Å². The van der Waals surface area contributed by atoms with E-state index in [1.54, 1.807) is 11.3 Å².